The predicted octanol–water partition coefficient (Wildman–Crippen LogP) is 1.71. The molecule has 0 aliphatic carbocycles. The molecule has 150 valence electrons. The third kappa shape index (κ3) is 4.89. The number of nitrogens with zero attached hydrogens (tertiary/aromatic N) is 2. The van der Waals surface area contributed by atoms with Crippen LogP contribution in [0.1, 0.15) is 11.1 Å². The molecule has 2 aromatic carbocycles. The number of anilines is 2. The van der Waals surface area contributed by atoms with Crippen molar-refractivity contribution in [1.29, 1.82) is 0 Å². The van der Waals surface area contributed by atoms with Gasteiger partial charge in [0.15, 0.2) is 0 Å². The molecule has 1 amide bonds. The molecule has 0 atom stereocenters. The molecule has 0 radical (unpaired) electrons. The first-order valence-corrected chi connectivity index (χ1v) is 10.7. The first kappa shape index (κ1) is 20.3. The molecule has 0 saturated carbocycles. The monoisotopic (exact) mass is 402 g/mol. The zero-order valence-corrected chi connectivity index (χ0v) is 17.0. The average Bonchev–Trinajstić information content (AvgIpc) is 2.65. The van der Waals surface area contributed by atoms with Gasteiger partial charge in [0, 0.05) is 37.6 Å². The molecule has 0 bridgehead atoms. The topological polar surface area (TPSA) is 95.7 Å². The van der Waals surface area contributed by atoms with E-state index in [0.29, 0.717) is 6.54 Å². The van der Waals surface area contributed by atoms with E-state index in [1.807, 2.05) is 32.0 Å². The number of sulfonamides is 1. The number of para-hydroxylation sites is 1. The van der Waals surface area contributed by atoms with E-state index >= 15 is 0 Å². The highest BCUT2D eigenvalue weighted by Gasteiger charge is 2.20. The fraction of sp³-hybridized carbons (Fsp3) is 0.350. The summed E-state index contributed by atoms with van der Waals surface area (Å²) in [6, 6.07) is 12.5. The van der Waals surface area contributed by atoms with Crippen LogP contribution in [0.3, 0.4) is 0 Å². The van der Waals surface area contributed by atoms with Gasteiger partial charge in [0.25, 0.3) is 0 Å². The van der Waals surface area contributed by atoms with E-state index in [0.717, 1.165) is 48.7 Å². The lowest BCUT2D eigenvalue weighted by molar-refractivity contribution is -0.117. The average molecular weight is 403 g/mol. The minimum absolute atomic E-state index is 0.0108. The van der Waals surface area contributed by atoms with E-state index in [-0.39, 0.29) is 10.8 Å². The van der Waals surface area contributed by atoms with Gasteiger partial charge in [0.05, 0.1) is 11.4 Å². The maximum absolute atomic E-state index is 12.4. The molecule has 1 saturated heterocycles. The van der Waals surface area contributed by atoms with Gasteiger partial charge in [-0.25, -0.2) is 13.6 Å². The number of amides is 1. The van der Waals surface area contributed by atoms with E-state index in [4.69, 9.17) is 5.14 Å². The van der Waals surface area contributed by atoms with Crippen LogP contribution < -0.4 is 15.4 Å². The van der Waals surface area contributed by atoms with Gasteiger partial charge in [-0.3, -0.25) is 9.69 Å². The van der Waals surface area contributed by atoms with Crippen molar-refractivity contribution in [3.05, 3.63) is 53.6 Å². The van der Waals surface area contributed by atoms with Gasteiger partial charge < -0.3 is 10.2 Å². The van der Waals surface area contributed by atoms with E-state index < -0.39 is 10.0 Å². The van der Waals surface area contributed by atoms with Crippen molar-refractivity contribution >= 4 is 27.3 Å². The minimum atomic E-state index is -3.68. The minimum Gasteiger partial charge on any atom is -0.369 e. The number of primary sulfonamides is 1. The fourth-order valence-electron chi connectivity index (χ4n) is 3.40. The SMILES string of the molecule is Cc1cccc(C)c1NC(=O)CN1CCN(c2ccc(S(N)(=O)=O)cc2)CC1. The van der Waals surface area contributed by atoms with E-state index in [1.54, 1.807) is 12.1 Å². The van der Waals surface area contributed by atoms with Gasteiger partial charge in [0.1, 0.15) is 0 Å². The Morgan fingerprint density at radius 2 is 1.57 bits per heavy atom. The molecule has 2 aromatic rings. The van der Waals surface area contributed by atoms with Gasteiger partial charge in [0.2, 0.25) is 15.9 Å². The number of nitrogens with two attached hydrogens (primary N) is 1. The highest BCUT2D eigenvalue weighted by atomic mass is 32.2. The maximum atomic E-state index is 12.4. The summed E-state index contributed by atoms with van der Waals surface area (Å²) < 4.78 is 22.7. The molecular weight excluding hydrogens is 376 g/mol. The van der Waals surface area contributed by atoms with Gasteiger partial charge in [-0.05, 0) is 49.2 Å². The second-order valence-electron chi connectivity index (χ2n) is 7.12. The van der Waals surface area contributed by atoms with Crippen LogP contribution in [0.15, 0.2) is 47.4 Å². The summed E-state index contributed by atoms with van der Waals surface area (Å²) in [5, 5.41) is 8.16. The molecule has 8 heteroatoms. The molecule has 1 aliphatic heterocycles. The summed E-state index contributed by atoms with van der Waals surface area (Å²) in [7, 11) is -3.68. The largest absolute Gasteiger partial charge is 0.369 e. The van der Waals surface area contributed by atoms with E-state index in [1.165, 1.54) is 12.1 Å². The van der Waals surface area contributed by atoms with Crippen LogP contribution in [-0.4, -0.2) is 51.9 Å². The highest BCUT2D eigenvalue weighted by molar-refractivity contribution is 7.89. The molecule has 0 aromatic heterocycles. The number of nitrogens with one attached hydrogen (secondary N) is 1. The number of carbonyl (C=O) groups is 1. The zero-order chi connectivity index (χ0) is 20.3. The second kappa shape index (κ2) is 8.30. The smallest absolute Gasteiger partial charge is 0.238 e. The van der Waals surface area contributed by atoms with Gasteiger partial charge in [-0.15, -0.1) is 0 Å². The summed E-state index contributed by atoms with van der Waals surface area (Å²) in [6.07, 6.45) is 0. The molecule has 7 nitrogen and oxygen atoms in total. The van der Waals surface area contributed by atoms with Gasteiger partial charge in [-0.1, -0.05) is 18.2 Å². The lowest BCUT2D eigenvalue weighted by Gasteiger charge is -2.35. The summed E-state index contributed by atoms with van der Waals surface area (Å²) in [6.45, 7) is 7.39. The molecule has 1 aliphatic rings. The lowest BCUT2D eigenvalue weighted by Crippen LogP contribution is -2.48. The van der Waals surface area contributed by atoms with Crippen molar-refractivity contribution in [2.24, 2.45) is 5.14 Å². The van der Waals surface area contributed by atoms with Crippen LogP contribution in [0.4, 0.5) is 11.4 Å². The lowest BCUT2D eigenvalue weighted by atomic mass is 10.1. The van der Waals surface area contributed by atoms with Crippen LogP contribution in [0.25, 0.3) is 0 Å². The van der Waals surface area contributed by atoms with Gasteiger partial charge in [-0.2, -0.15) is 0 Å². The Balaban J connectivity index is 1.53. The number of hydrogen-bond donors (Lipinski definition) is 2. The van der Waals surface area contributed by atoms with Crippen molar-refractivity contribution < 1.29 is 13.2 Å². The second-order valence-corrected chi connectivity index (χ2v) is 8.68. The van der Waals surface area contributed by atoms with Crippen molar-refractivity contribution in [2.45, 2.75) is 18.7 Å². The number of carbonyl (C=O) groups excluding carboxylic acids is 1. The number of rotatable bonds is 5. The Hall–Kier alpha value is -2.42. The molecule has 1 fully saturated rings. The quantitative estimate of drug-likeness (QED) is 0.794. The molecule has 0 unspecified atom stereocenters. The van der Waals surface area contributed by atoms with Gasteiger partial charge >= 0.3 is 0 Å². The standard InChI is InChI=1S/C20H26N4O3S/c1-15-4-3-5-16(2)20(15)22-19(25)14-23-10-12-24(13-11-23)17-6-8-18(9-7-17)28(21,26)27/h3-9H,10-14H2,1-2H3,(H,22,25)(H2,21,26,27). The van der Waals surface area contributed by atoms with Crippen molar-refractivity contribution in [1.82, 2.24) is 4.90 Å². The van der Waals surface area contributed by atoms with Crippen molar-refractivity contribution in [2.75, 3.05) is 42.9 Å². The van der Waals surface area contributed by atoms with Crippen molar-refractivity contribution in [3.63, 3.8) is 0 Å². The maximum Gasteiger partial charge on any atom is 0.238 e. The Morgan fingerprint density at radius 1 is 1.00 bits per heavy atom. The summed E-state index contributed by atoms with van der Waals surface area (Å²) >= 11 is 0. The molecule has 1 heterocycles. The Bertz CT molecular complexity index is 930. The molecule has 3 rings (SSSR count). The first-order valence-electron chi connectivity index (χ1n) is 9.20. The highest BCUT2D eigenvalue weighted by Crippen LogP contribution is 2.20. The number of piperazine rings is 1. The third-order valence-electron chi connectivity index (χ3n) is 5.02. The zero-order valence-electron chi connectivity index (χ0n) is 16.2. The summed E-state index contributed by atoms with van der Waals surface area (Å²) in [4.78, 5) is 16.8. The van der Waals surface area contributed by atoms with Crippen molar-refractivity contribution in [3.8, 4) is 0 Å². The van der Waals surface area contributed by atoms with Crippen LogP contribution in [0.5, 0.6) is 0 Å². The Labute approximate surface area is 166 Å². The van der Waals surface area contributed by atoms with Crippen LogP contribution in [-0.2, 0) is 14.8 Å². The van der Waals surface area contributed by atoms with E-state index in [9.17, 15) is 13.2 Å². The van der Waals surface area contributed by atoms with E-state index in [2.05, 4.69) is 15.1 Å². The summed E-state index contributed by atoms with van der Waals surface area (Å²) in [5.74, 6) is -0.0108. The number of hydrogen-bond acceptors (Lipinski definition) is 5. The van der Waals surface area contributed by atoms with Crippen LogP contribution in [0.2, 0.25) is 0 Å². The molecule has 0 spiro atoms. The predicted molar refractivity (Wildman–Crippen MR) is 111 cm³/mol. The normalized spacial score (nSPS) is 15.5. The molecule has 28 heavy (non-hydrogen) atoms. The Morgan fingerprint density at radius 3 is 2.11 bits per heavy atom. The summed E-state index contributed by atoms with van der Waals surface area (Å²) in [5.41, 5.74) is 3.95. The molecule has 3 N–H and O–H groups in total. The Kier molecular flexibility index (Phi) is 6.02. The van der Waals surface area contributed by atoms with Crippen LogP contribution >= 0.6 is 0 Å². The first-order chi connectivity index (χ1) is 13.2. The molecular formula is C20H26N4O3S. The number of benzene rings is 2. The fourth-order valence-corrected chi connectivity index (χ4v) is 3.92. The number of aryl methyl sites for hydroxylation is 2. The third-order valence-corrected chi connectivity index (χ3v) is 5.94. The van der Waals surface area contributed by atoms with Crippen LogP contribution in [0, 0.1) is 13.8 Å².